The molecule has 13 heteroatoms. The Morgan fingerprint density at radius 1 is 1.19 bits per heavy atom. The first-order valence-corrected chi connectivity index (χ1v) is 15.7. The van der Waals surface area contributed by atoms with E-state index in [2.05, 4.69) is 16.4 Å². The van der Waals surface area contributed by atoms with Crippen molar-refractivity contribution in [1.29, 1.82) is 5.41 Å². The second-order valence-corrected chi connectivity index (χ2v) is 10.8. The van der Waals surface area contributed by atoms with Gasteiger partial charge in [0.05, 0.1) is 12.6 Å². The number of aldehydes is 1. The van der Waals surface area contributed by atoms with Gasteiger partial charge in [-0.2, -0.15) is 0 Å². The third kappa shape index (κ3) is 13.1. The van der Waals surface area contributed by atoms with Gasteiger partial charge in [-0.05, 0) is 80.9 Å². The average Bonchev–Trinajstić information content (AvgIpc) is 3.69. The molecule has 234 valence electrons. The Morgan fingerprint density at radius 3 is 2.40 bits per heavy atom. The number of carbonyl (C=O) groups is 3. The lowest BCUT2D eigenvalue weighted by atomic mass is 10.0. The molecule has 10 nitrogen and oxygen atoms in total. The minimum Gasteiger partial charge on any atom is -0.773 e. The molecule has 2 amide bonds. The number of amides is 2. The first kappa shape index (κ1) is 37.4. The number of rotatable bonds is 8. The van der Waals surface area contributed by atoms with Gasteiger partial charge in [-0.25, -0.2) is 4.39 Å². The monoisotopic (exact) mass is 632 g/mol. The van der Waals surface area contributed by atoms with Crippen LogP contribution in [0.25, 0.3) is 11.1 Å². The number of halogens is 1. The molecule has 1 aliphatic rings. The molecule has 5 N–H and O–H groups in total. The van der Waals surface area contributed by atoms with Crippen molar-refractivity contribution in [2.24, 2.45) is 5.73 Å². The Kier molecular flexibility index (Phi) is 17.7. The van der Waals surface area contributed by atoms with Crippen LogP contribution < -0.4 is 16.4 Å². The topological polar surface area (TPSA) is 169 Å². The van der Waals surface area contributed by atoms with Gasteiger partial charge in [0.1, 0.15) is 18.1 Å². The average molecular weight is 633 g/mol. The van der Waals surface area contributed by atoms with Crippen molar-refractivity contribution in [2.75, 3.05) is 33.4 Å². The maximum Gasteiger partial charge on any atom is 0.243 e. The van der Waals surface area contributed by atoms with E-state index in [1.54, 1.807) is 36.2 Å². The van der Waals surface area contributed by atoms with Crippen LogP contribution in [0, 0.1) is 11.2 Å². The molecule has 3 atom stereocenters. The van der Waals surface area contributed by atoms with E-state index in [1.807, 2.05) is 30.5 Å². The summed E-state index contributed by atoms with van der Waals surface area (Å²) in [6.45, 7) is 2.82. The number of benzene rings is 2. The molecule has 1 aromatic heterocycles. The summed E-state index contributed by atoms with van der Waals surface area (Å²) in [5, 5.41) is 14.9. The zero-order chi connectivity index (χ0) is 32.4. The van der Waals surface area contributed by atoms with E-state index in [0.717, 1.165) is 40.5 Å². The van der Waals surface area contributed by atoms with Crippen molar-refractivity contribution in [3.05, 3.63) is 81.8 Å². The molecule has 2 heterocycles. The van der Waals surface area contributed by atoms with E-state index >= 15 is 0 Å². The molecule has 3 aromatic rings. The molecule has 0 aliphatic carbocycles. The summed E-state index contributed by atoms with van der Waals surface area (Å²) in [6, 6.07) is 14.8. The van der Waals surface area contributed by atoms with Crippen LogP contribution in [0.4, 0.5) is 4.39 Å². The maximum absolute atomic E-state index is 12.7. The zero-order valence-corrected chi connectivity index (χ0v) is 26.3. The Bertz CT molecular complexity index is 1330. The molecule has 0 radical (unpaired) electrons. The molecule has 2 aromatic carbocycles. The standard InChI is InChI=1S/C15H22N4O2S.C13H9FO.CH5N.CH4O2S/c1-10(13-6-11(7-16)9-22-13)18-15(21)12-4-3-5-19(12)14(20)8-17-2;14-13-6-4-11(5-7-13)12-3-1-2-10(8-12)9-15;1-2;1-4(2)3/h6-7,9-10,12,16-17H,3-5,8H2,1-2H3,(H,18,21);1-9H;2H2,1H3;1H3,(H,2,3)/p-1/t10-,12?;;;/m1.../s1. The number of nitrogens with two attached hydrogens (primary N) is 1. The van der Waals surface area contributed by atoms with Gasteiger partial charge in [0.2, 0.25) is 11.8 Å². The molecule has 1 fully saturated rings. The lowest BCUT2D eigenvalue weighted by Crippen LogP contribution is -2.48. The summed E-state index contributed by atoms with van der Waals surface area (Å²) in [5.74, 6) is -0.389. The molecular weight excluding hydrogens is 593 g/mol. The van der Waals surface area contributed by atoms with E-state index < -0.39 is 11.1 Å². The van der Waals surface area contributed by atoms with Crippen LogP contribution in [0.15, 0.2) is 60.0 Å². The van der Waals surface area contributed by atoms with Gasteiger partial charge in [-0.15, -0.1) is 11.3 Å². The summed E-state index contributed by atoms with van der Waals surface area (Å²) in [4.78, 5) is 37.7. The van der Waals surface area contributed by atoms with Gasteiger partial charge in [0.25, 0.3) is 0 Å². The highest BCUT2D eigenvalue weighted by Gasteiger charge is 2.34. The number of likely N-dealkylation sites (N-methyl/N-ethyl adjacent to an activating group) is 1. The number of thiophene rings is 1. The third-order valence-corrected chi connectivity index (χ3v) is 7.13. The number of nitrogens with zero attached hydrogens (tertiary/aromatic N) is 1. The van der Waals surface area contributed by atoms with Crippen molar-refractivity contribution in [2.45, 2.75) is 31.8 Å². The second kappa shape index (κ2) is 20.3. The molecule has 0 bridgehead atoms. The van der Waals surface area contributed by atoms with Crippen LogP contribution in [0.5, 0.6) is 0 Å². The zero-order valence-electron chi connectivity index (χ0n) is 24.7. The number of hydrogen-bond acceptors (Lipinski definition) is 9. The summed E-state index contributed by atoms with van der Waals surface area (Å²) >= 11 is -0.336. The van der Waals surface area contributed by atoms with Gasteiger partial charge in [-0.1, -0.05) is 41.4 Å². The highest BCUT2D eigenvalue weighted by molar-refractivity contribution is 7.78. The normalized spacial score (nSPS) is 14.8. The molecule has 1 aliphatic heterocycles. The van der Waals surface area contributed by atoms with E-state index in [1.165, 1.54) is 36.7 Å². The largest absolute Gasteiger partial charge is 0.773 e. The molecule has 2 unspecified atom stereocenters. The van der Waals surface area contributed by atoms with E-state index in [4.69, 9.17) is 14.2 Å². The van der Waals surface area contributed by atoms with E-state index in [9.17, 15) is 18.8 Å². The van der Waals surface area contributed by atoms with Gasteiger partial charge in [0.15, 0.2) is 0 Å². The Morgan fingerprint density at radius 2 is 1.84 bits per heavy atom. The van der Waals surface area contributed by atoms with Crippen LogP contribution in [0.1, 0.15) is 46.6 Å². The Labute approximate surface area is 258 Å². The van der Waals surface area contributed by atoms with Gasteiger partial charge in [0, 0.05) is 28.8 Å². The summed E-state index contributed by atoms with van der Waals surface area (Å²) in [5.41, 5.74) is 7.78. The number of carbonyl (C=O) groups excluding carboxylic acids is 3. The van der Waals surface area contributed by atoms with Crippen molar-refractivity contribution >= 4 is 46.7 Å². The van der Waals surface area contributed by atoms with Gasteiger partial charge >= 0.3 is 0 Å². The predicted molar refractivity (Wildman–Crippen MR) is 170 cm³/mol. The van der Waals surface area contributed by atoms with Crippen molar-refractivity contribution < 1.29 is 27.5 Å². The number of nitrogens with one attached hydrogen (secondary N) is 3. The third-order valence-electron chi connectivity index (χ3n) is 6.00. The highest BCUT2D eigenvalue weighted by Crippen LogP contribution is 2.23. The fourth-order valence-electron chi connectivity index (χ4n) is 4.08. The van der Waals surface area contributed by atoms with Crippen molar-refractivity contribution in [3.63, 3.8) is 0 Å². The molecule has 0 spiro atoms. The smallest absolute Gasteiger partial charge is 0.243 e. The van der Waals surface area contributed by atoms with Crippen molar-refractivity contribution in [1.82, 2.24) is 15.5 Å². The number of hydrogen-bond donors (Lipinski definition) is 4. The Hall–Kier alpha value is -3.62. The lowest BCUT2D eigenvalue weighted by Gasteiger charge is -2.25. The molecule has 43 heavy (non-hydrogen) atoms. The fourth-order valence-corrected chi connectivity index (χ4v) is 4.95. The van der Waals surface area contributed by atoms with E-state index in [0.29, 0.717) is 18.5 Å². The SMILES string of the molecule is CN.CNCC(=O)N1CCCC1C(=O)N[C@H](C)c1cc(C=N)cs1.CS(=O)[O-].O=Cc1cccc(-c2ccc(F)cc2)c1. The van der Waals surface area contributed by atoms with Gasteiger partial charge in [-0.3, -0.25) is 18.6 Å². The minimum absolute atomic E-state index is 0.0324. The molecular formula is C30H39FN5O5S2-. The first-order chi connectivity index (χ1) is 20.6. The quantitative estimate of drug-likeness (QED) is 0.167. The van der Waals surface area contributed by atoms with Crippen LogP contribution >= 0.6 is 11.3 Å². The first-order valence-electron chi connectivity index (χ1n) is 13.3. The minimum atomic E-state index is -1.86. The van der Waals surface area contributed by atoms with Crippen LogP contribution in [-0.4, -0.2) is 77.5 Å². The number of likely N-dealkylation sites (tertiary alicyclic amines) is 1. The van der Waals surface area contributed by atoms with Crippen LogP contribution in [-0.2, 0) is 20.7 Å². The predicted octanol–water partition coefficient (Wildman–Crippen LogP) is 3.51. The summed E-state index contributed by atoms with van der Waals surface area (Å²) in [6.07, 6.45) is 4.75. The highest BCUT2D eigenvalue weighted by atomic mass is 32.2. The molecule has 1 saturated heterocycles. The van der Waals surface area contributed by atoms with E-state index in [-0.39, 0.29) is 36.3 Å². The molecule has 0 saturated carbocycles. The maximum atomic E-state index is 12.7. The summed E-state index contributed by atoms with van der Waals surface area (Å²) < 4.78 is 30.7. The fraction of sp³-hybridized carbons (Fsp3) is 0.333. The van der Waals surface area contributed by atoms with Crippen LogP contribution in [0.2, 0.25) is 0 Å². The van der Waals surface area contributed by atoms with Gasteiger partial charge < -0.3 is 31.2 Å². The molecule has 4 rings (SSSR count). The Balaban J connectivity index is 0.000000380. The van der Waals surface area contributed by atoms with Crippen molar-refractivity contribution in [3.8, 4) is 11.1 Å². The second-order valence-electron chi connectivity index (χ2n) is 9.08. The summed E-state index contributed by atoms with van der Waals surface area (Å²) in [7, 11) is 3.23. The van der Waals surface area contributed by atoms with Crippen LogP contribution in [0.3, 0.4) is 0 Å². The lowest BCUT2D eigenvalue weighted by molar-refractivity contribution is -0.138.